The van der Waals surface area contributed by atoms with Crippen molar-refractivity contribution in [2.75, 3.05) is 0 Å². The standard InChI is InChI=1S/C16H18N6O4S/c1-10(11-3-5-12(6-4-11)27(17,25)26)20-14(23)8-22-9-18-15-13(16(22)24)7-19-21(15)2/h3-7,9-10H,8H2,1-2H3,(H,20,23)(H2,17,25,26)/t10-/m0/s1. The maximum Gasteiger partial charge on any atom is 0.264 e. The lowest BCUT2D eigenvalue weighted by Crippen LogP contribution is -2.34. The summed E-state index contributed by atoms with van der Waals surface area (Å²) >= 11 is 0. The van der Waals surface area contributed by atoms with E-state index in [1.54, 1.807) is 26.1 Å². The zero-order valence-electron chi connectivity index (χ0n) is 14.7. The third kappa shape index (κ3) is 3.88. The van der Waals surface area contributed by atoms with E-state index in [4.69, 9.17) is 5.14 Å². The third-order valence-electron chi connectivity index (χ3n) is 4.12. The Labute approximate surface area is 154 Å². The van der Waals surface area contributed by atoms with Gasteiger partial charge >= 0.3 is 0 Å². The van der Waals surface area contributed by atoms with Crippen molar-refractivity contribution in [3.05, 3.63) is 52.7 Å². The van der Waals surface area contributed by atoms with Crippen LogP contribution in [0.4, 0.5) is 0 Å². The van der Waals surface area contributed by atoms with Crippen LogP contribution in [0.25, 0.3) is 11.0 Å². The van der Waals surface area contributed by atoms with Gasteiger partial charge in [-0.1, -0.05) is 12.1 Å². The number of carbonyl (C=O) groups excluding carboxylic acids is 1. The van der Waals surface area contributed by atoms with Crippen LogP contribution >= 0.6 is 0 Å². The van der Waals surface area contributed by atoms with E-state index >= 15 is 0 Å². The number of carbonyl (C=O) groups is 1. The van der Waals surface area contributed by atoms with Crippen molar-refractivity contribution in [2.45, 2.75) is 24.4 Å². The number of rotatable bonds is 5. The Balaban J connectivity index is 1.72. The molecule has 142 valence electrons. The van der Waals surface area contributed by atoms with Crippen molar-refractivity contribution in [1.82, 2.24) is 24.6 Å². The van der Waals surface area contributed by atoms with Crippen LogP contribution in [-0.4, -0.2) is 33.7 Å². The Kier molecular flexibility index (Phi) is 4.81. The number of primary sulfonamides is 1. The second-order valence-corrected chi connectivity index (χ2v) is 7.65. The number of sulfonamides is 1. The van der Waals surface area contributed by atoms with Crippen molar-refractivity contribution in [1.29, 1.82) is 0 Å². The number of fused-ring (bicyclic) bond motifs is 1. The number of aryl methyl sites for hydroxylation is 1. The van der Waals surface area contributed by atoms with Crippen LogP contribution < -0.4 is 16.0 Å². The Hall–Kier alpha value is -3.05. The first-order valence-electron chi connectivity index (χ1n) is 7.96. The molecule has 1 aromatic carbocycles. The third-order valence-corrected chi connectivity index (χ3v) is 5.05. The lowest BCUT2D eigenvalue weighted by Gasteiger charge is -2.15. The van der Waals surface area contributed by atoms with E-state index in [2.05, 4.69) is 15.4 Å². The molecule has 1 amide bonds. The van der Waals surface area contributed by atoms with Crippen LogP contribution in [0.5, 0.6) is 0 Å². The maximum atomic E-state index is 12.4. The van der Waals surface area contributed by atoms with E-state index in [0.29, 0.717) is 16.6 Å². The summed E-state index contributed by atoms with van der Waals surface area (Å²) in [5.41, 5.74) is 0.789. The number of benzene rings is 1. The highest BCUT2D eigenvalue weighted by Crippen LogP contribution is 2.15. The summed E-state index contributed by atoms with van der Waals surface area (Å²) in [6, 6.07) is 5.49. The highest BCUT2D eigenvalue weighted by Gasteiger charge is 2.14. The van der Waals surface area contributed by atoms with Crippen LogP contribution in [0.3, 0.4) is 0 Å². The average Bonchev–Trinajstić information content (AvgIpc) is 2.98. The number of hydrogen-bond acceptors (Lipinski definition) is 6. The fourth-order valence-electron chi connectivity index (χ4n) is 2.65. The van der Waals surface area contributed by atoms with Crippen LogP contribution in [0, 0.1) is 0 Å². The monoisotopic (exact) mass is 390 g/mol. The number of amides is 1. The second-order valence-electron chi connectivity index (χ2n) is 6.09. The molecule has 0 saturated heterocycles. The normalized spacial score (nSPS) is 12.9. The van der Waals surface area contributed by atoms with Gasteiger partial charge in [0.25, 0.3) is 5.56 Å². The molecule has 0 aliphatic rings. The number of nitrogens with one attached hydrogen (secondary N) is 1. The van der Waals surface area contributed by atoms with Gasteiger partial charge in [0.05, 0.1) is 17.1 Å². The van der Waals surface area contributed by atoms with Crippen LogP contribution in [0.2, 0.25) is 0 Å². The van der Waals surface area contributed by atoms with Crippen molar-refractivity contribution < 1.29 is 13.2 Å². The van der Waals surface area contributed by atoms with Crippen molar-refractivity contribution in [3.8, 4) is 0 Å². The summed E-state index contributed by atoms with van der Waals surface area (Å²) in [5.74, 6) is -0.384. The van der Waals surface area contributed by atoms with Crippen molar-refractivity contribution in [2.24, 2.45) is 12.2 Å². The van der Waals surface area contributed by atoms with Gasteiger partial charge in [-0.2, -0.15) is 5.10 Å². The molecule has 0 unspecified atom stereocenters. The Morgan fingerprint density at radius 2 is 1.96 bits per heavy atom. The maximum absolute atomic E-state index is 12.4. The van der Waals surface area contributed by atoms with Crippen LogP contribution in [-0.2, 0) is 28.4 Å². The second kappa shape index (κ2) is 6.93. The highest BCUT2D eigenvalue weighted by molar-refractivity contribution is 7.89. The van der Waals surface area contributed by atoms with Gasteiger partial charge in [0.1, 0.15) is 18.3 Å². The molecule has 2 heterocycles. The zero-order chi connectivity index (χ0) is 19.8. The summed E-state index contributed by atoms with van der Waals surface area (Å²) in [7, 11) is -2.09. The molecule has 0 bridgehead atoms. The van der Waals surface area contributed by atoms with E-state index < -0.39 is 16.1 Å². The molecule has 10 nitrogen and oxygen atoms in total. The van der Waals surface area contributed by atoms with E-state index in [-0.39, 0.29) is 22.9 Å². The van der Waals surface area contributed by atoms with Gasteiger partial charge in [-0.15, -0.1) is 0 Å². The molecule has 11 heteroatoms. The van der Waals surface area contributed by atoms with E-state index in [1.165, 1.54) is 33.9 Å². The van der Waals surface area contributed by atoms with Gasteiger partial charge < -0.3 is 5.32 Å². The van der Waals surface area contributed by atoms with Gasteiger partial charge in [-0.3, -0.25) is 18.8 Å². The largest absolute Gasteiger partial charge is 0.348 e. The highest BCUT2D eigenvalue weighted by atomic mass is 32.2. The topological polar surface area (TPSA) is 142 Å². The lowest BCUT2D eigenvalue weighted by atomic mass is 10.1. The number of nitrogens with two attached hydrogens (primary N) is 1. The smallest absolute Gasteiger partial charge is 0.264 e. The first-order chi connectivity index (χ1) is 12.7. The average molecular weight is 390 g/mol. The van der Waals surface area contributed by atoms with Gasteiger partial charge in [-0.25, -0.2) is 18.5 Å². The summed E-state index contributed by atoms with van der Waals surface area (Å²) in [4.78, 5) is 28.8. The quantitative estimate of drug-likeness (QED) is 0.610. The van der Waals surface area contributed by atoms with E-state index in [0.717, 1.165) is 0 Å². The molecule has 0 fully saturated rings. The molecule has 3 rings (SSSR count). The van der Waals surface area contributed by atoms with E-state index in [1.807, 2.05) is 0 Å². The molecule has 0 radical (unpaired) electrons. The molecular weight excluding hydrogens is 372 g/mol. The summed E-state index contributed by atoms with van der Waals surface area (Å²) < 4.78 is 25.3. The SMILES string of the molecule is C[C@H](NC(=O)Cn1cnc2c(cnn2C)c1=O)c1ccc(S(N)(=O)=O)cc1. The first-order valence-corrected chi connectivity index (χ1v) is 9.50. The minimum absolute atomic E-state index is 0.00724. The molecule has 3 aromatic rings. The van der Waals surface area contributed by atoms with Gasteiger partial charge in [-0.05, 0) is 24.6 Å². The molecule has 0 aliphatic heterocycles. The molecule has 1 atom stereocenters. The fraction of sp³-hybridized carbons (Fsp3) is 0.250. The number of nitrogens with zero attached hydrogens (tertiary/aromatic N) is 4. The lowest BCUT2D eigenvalue weighted by molar-refractivity contribution is -0.122. The Morgan fingerprint density at radius 3 is 2.59 bits per heavy atom. The first kappa shape index (κ1) is 18.7. The number of hydrogen-bond donors (Lipinski definition) is 2. The minimum atomic E-state index is -3.77. The molecule has 2 aromatic heterocycles. The molecule has 27 heavy (non-hydrogen) atoms. The minimum Gasteiger partial charge on any atom is -0.348 e. The zero-order valence-corrected chi connectivity index (χ0v) is 15.5. The predicted octanol–water partition coefficient (Wildman–Crippen LogP) is -0.345. The molecule has 0 aliphatic carbocycles. The van der Waals surface area contributed by atoms with Gasteiger partial charge in [0, 0.05) is 7.05 Å². The predicted molar refractivity (Wildman–Crippen MR) is 97.1 cm³/mol. The Morgan fingerprint density at radius 1 is 1.30 bits per heavy atom. The Bertz CT molecular complexity index is 1160. The van der Waals surface area contributed by atoms with Gasteiger partial charge in [0.15, 0.2) is 5.65 Å². The summed E-state index contributed by atoms with van der Waals surface area (Å²) in [6.07, 6.45) is 2.71. The fourth-order valence-corrected chi connectivity index (χ4v) is 3.17. The van der Waals surface area contributed by atoms with Gasteiger partial charge in [0.2, 0.25) is 15.9 Å². The van der Waals surface area contributed by atoms with Crippen LogP contribution in [0.15, 0.2) is 46.5 Å². The molecule has 0 saturated carbocycles. The molecule has 3 N–H and O–H groups in total. The summed E-state index contributed by atoms with van der Waals surface area (Å²) in [6.45, 7) is 1.55. The molecular formula is C16H18N6O4S. The summed E-state index contributed by atoms with van der Waals surface area (Å²) in [5, 5.41) is 12.1. The molecule has 0 spiro atoms. The van der Waals surface area contributed by atoms with E-state index in [9.17, 15) is 18.0 Å². The van der Waals surface area contributed by atoms with Crippen molar-refractivity contribution >= 4 is 27.0 Å². The van der Waals surface area contributed by atoms with Crippen molar-refractivity contribution in [3.63, 3.8) is 0 Å². The van der Waals surface area contributed by atoms with Crippen LogP contribution in [0.1, 0.15) is 18.5 Å². The number of aromatic nitrogens is 4.